The van der Waals surface area contributed by atoms with Gasteiger partial charge >= 0.3 is 12.6 Å². The molecule has 2 aromatic heterocycles. The Labute approximate surface area is 173 Å². The van der Waals surface area contributed by atoms with Gasteiger partial charge < -0.3 is 14.2 Å². The Hall–Kier alpha value is -3.66. The molecule has 0 spiro atoms. The van der Waals surface area contributed by atoms with Crippen molar-refractivity contribution in [1.29, 1.82) is 0 Å². The van der Waals surface area contributed by atoms with E-state index >= 15 is 0 Å². The number of carbonyl (C=O) groups is 1. The Kier molecular flexibility index (Phi) is 5.48. The first-order valence-electron chi connectivity index (χ1n) is 8.56. The quantitative estimate of drug-likeness (QED) is 0.432. The second kappa shape index (κ2) is 8.37. The molecule has 0 aliphatic carbocycles. The molecule has 0 unspecified atom stereocenters. The molecule has 1 aliphatic rings. The lowest BCUT2D eigenvalue weighted by atomic mass is 10.2. The molecule has 3 heterocycles. The molecule has 4 rings (SSSR count). The highest BCUT2D eigenvalue weighted by Crippen LogP contribution is 2.31. The number of benzene rings is 1. The number of rotatable bonds is 6. The smallest absolute Gasteiger partial charge is 0.387 e. The number of aliphatic imine (C=N–C) groups is 1. The third-order valence-electron chi connectivity index (χ3n) is 3.94. The first kappa shape index (κ1) is 19.6. The average molecular weight is 429 g/mol. The predicted molar refractivity (Wildman–Crippen MR) is 106 cm³/mol. The van der Waals surface area contributed by atoms with Gasteiger partial charge in [0.15, 0.2) is 17.2 Å². The van der Waals surface area contributed by atoms with E-state index in [0.29, 0.717) is 16.3 Å². The number of carbonyl (C=O) groups excluding carboxylic acids is 1. The number of esters is 1. The Morgan fingerprint density at radius 1 is 1.20 bits per heavy atom. The Bertz CT molecular complexity index is 1150. The normalized spacial score (nSPS) is 14.7. The number of alkyl halides is 2. The molecule has 1 aromatic carbocycles. The highest BCUT2D eigenvalue weighted by Gasteiger charge is 2.25. The fourth-order valence-corrected chi connectivity index (χ4v) is 3.38. The number of cyclic esters (lactones) is 1. The lowest BCUT2D eigenvalue weighted by molar-refractivity contribution is -0.129. The Balaban J connectivity index is 1.59. The topological polar surface area (TPSA) is 82.9 Å². The molecule has 152 valence electrons. The van der Waals surface area contributed by atoms with Crippen LogP contribution in [0.5, 0.6) is 11.5 Å². The molecule has 0 atom stereocenters. The lowest BCUT2D eigenvalue weighted by Crippen LogP contribution is -2.07. The maximum atomic E-state index is 12.5. The number of ether oxygens (including phenoxy) is 3. The molecule has 0 saturated carbocycles. The summed E-state index contributed by atoms with van der Waals surface area (Å²) in [7, 11) is 1.31. The highest BCUT2D eigenvalue weighted by molar-refractivity contribution is 7.13. The molecule has 30 heavy (non-hydrogen) atoms. The molecule has 0 radical (unpaired) electrons. The van der Waals surface area contributed by atoms with Crippen LogP contribution < -0.4 is 9.47 Å². The number of halogens is 2. The number of pyridine rings is 1. The van der Waals surface area contributed by atoms with Crippen LogP contribution in [0.1, 0.15) is 11.3 Å². The largest absolute Gasteiger partial charge is 0.493 e. The number of hydrogen-bond acceptors (Lipinski definition) is 8. The second-order valence-corrected chi connectivity index (χ2v) is 6.73. The molecule has 0 fully saturated rings. The fraction of sp³-hybridized carbons (Fsp3) is 0.100. The standard InChI is InChI=1S/C20H13F2N3O4S/c1-27-16-8-11(5-6-15(16)28-20(21)22)17-25-14(19(26)29-17)9-12-10-30-18(24-12)13-4-2-3-7-23-13/h2-10,20H,1H3/b14-9-. The first-order chi connectivity index (χ1) is 14.5. The summed E-state index contributed by atoms with van der Waals surface area (Å²) in [5.74, 6) is -0.706. The summed E-state index contributed by atoms with van der Waals surface area (Å²) in [6, 6.07) is 9.64. The van der Waals surface area contributed by atoms with Crippen molar-refractivity contribution in [2.75, 3.05) is 7.11 Å². The van der Waals surface area contributed by atoms with E-state index < -0.39 is 12.6 Å². The summed E-state index contributed by atoms with van der Waals surface area (Å²) >= 11 is 1.39. The summed E-state index contributed by atoms with van der Waals surface area (Å²) < 4.78 is 39.6. The van der Waals surface area contributed by atoms with Gasteiger partial charge in [-0.15, -0.1) is 11.3 Å². The number of nitrogens with zero attached hydrogens (tertiary/aromatic N) is 3. The third kappa shape index (κ3) is 4.18. The SMILES string of the molecule is COc1cc(C2=N/C(=C\c3csc(-c4ccccn4)n3)C(=O)O2)ccc1OC(F)F. The fourth-order valence-electron chi connectivity index (χ4n) is 2.63. The van der Waals surface area contributed by atoms with Gasteiger partial charge in [-0.25, -0.2) is 14.8 Å². The van der Waals surface area contributed by atoms with Crippen LogP contribution in [0.2, 0.25) is 0 Å². The number of hydrogen-bond donors (Lipinski definition) is 0. The van der Waals surface area contributed by atoms with Gasteiger partial charge in [0, 0.05) is 17.1 Å². The predicted octanol–water partition coefficient (Wildman–Crippen LogP) is 4.16. The van der Waals surface area contributed by atoms with Crippen LogP contribution in [0.25, 0.3) is 16.8 Å². The van der Waals surface area contributed by atoms with Gasteiger partial charge in [0.25, 0.3) is 0 Å². The maximum absolute atomic E-state index is 12.5. The van der Waals surface area contributed by atoms with Crippen LogP contribution in [0.15, 0.2) is 58.7 Å². The summed E-state index contributed by atoms with van der Waals surface area (Å²) in [6.07, 6.45) is 3.18. The molecule has 0 N–H and O–H groups in total. The van der Waals surface area contributed by atoms with Crippen LogP contribution in [0.3, 0.4) is 0 Å². The lowest BCUT2D eigenvalue weighted by Gasteiger charge is -2.10. The minimum Gasteiger partial charge on any atom is -0.493 e. The van der Waals surface area contributed by atoms with E-state index in [1.165, 1.54) is 42.7 Å². The zero-order valence-electron chi connectivity index (χ0n) is 15.4. The van der Waals surface area contributed by atoms with Crippen molar-refractivity contribution < 1.29 is 27.8 Å². The van der Waals surface area contributed by atoms with E-state index in [2.05, 4.69) is 19.7 Å². The number of aromatic nitrogens is 2. The van der Waals surface area contributed by atoms with Gasteiger partial charge in [-0.3, -0.25) is 4.98 Å². The molecular formula is C20H13F2N3O4S. The van der Waals surface area contributed by atoms with E-state index in [9.17, 15) is 13.6 Å². The van der Waals surface area contributed by atoms with Gasteiger partial charge in [-0.05, 0) is 36.4 Å². The molecule has 3 aromatic rings. The van der Waals surface area contributed by atoms with Gasteiger partial charge in [0.2, 0.25) is 5.90 Å². The van der Waals surface area contributed by atoms with Crippen LogP contribution in [-0.2, 0) is 9.53 Å². The van der Waals surface area contributed by atoms with Crippen molar-refractivity contribution >= 4 is 29.3 Å². The van der Waals surface area contributed by atoms with Crippen molar-refractivity contribution in [2.45, 2.75) is 6.61 Å². The molecule has 0 bridgehead atoms. The summed E-state index contributed by atoms with van der Waals surface area (Å²) in [6.45, 7) is -2.99. The second-order valence-electron chi connectivity index (χ2n) is 5.87. The van der Waals surface area contributed by atoms with E-state index in [1.54, 1.807) is 11.6 Å². The van der Waals surface area contributed by atoms with Crippen molar-refractivity contribution in [3.05, 3.63) is 64.9 Å². The molecule has 7 nitrogen and oxygen atoms in total. The van der Waals surface area contributed by atoms with Crippen molar-refractivity contribution in [2.24, 2.45) is 4.99 Å². The average Bonchev–Trinajstić information content (AvgIpc) is 3.36. The highest BCUT2D eigenvalue weighted by atomic mass is 32.1. The van der Waals surface area contributed by atoms with Crippen molar-refractivity contribution in [3.63, 3.8) is 0 Å². The van der Waals surface area contributed by atoms with E-state index in [4.69, 9.17) is 9.47 Å². The van der Waals surface area contributed by atoms with Crippen LogP contribution in [0, 0.1) is 0 Å². The van der Waals surface area contributed by atoms with Gasteiger partial charge in [0.05, 0.1) is 18.5 Å². The van der Waals surface area contributed by atoms with Crippen LogP contribution in [-0.4, -0.2) is 35.6 Å². The molecule has 0 saturated heterocycles. The van der Waals surface area contributed by atoms with E-state index in [1.807, 2.05) is 18.2 Å². The van der Waals surface area contributed by atoms with E-state index in [-0.39, 0.29) is 23.1 Å². The van der Waals surface area contributed by atoms with Crippen molar-refractivity contribution in [3.8, 4) is 22.2 Å². The van der Waals surface area contributed by atoms with Crippen molar-refractivity contribution in [1.82, 2.24) is 9.97 Å². The van der Waals surface area contributed by atoms with Gasteiger partial charge in [-0.1, -0.05) is 6.07 Å². The molecule has 1 aliphatic heterocycles. The summed E-state index contributed by atoms with van der Waals surface area (Å²) in [5.41, 5.74) is 1.70. The zero-order valence-corrected chi connectivity index (χ0v) is 16.2. The number of thiazole rings is 1. The monoisotopic (exact) mass is 429 g/mol. The third-order valence-corrected chi connectivity index (χ3v) is 4.82. The maximum Gasteiger partial charge on any atom is 0.387 e. The summed E-state index contributed by atoms with van der Waals surface area (Å²) in [5, 5.41) is 2.48. The van der Waals surface area contributed by atoms with Crippen LogP contribution >= 0.6 is 11.3 Å². The molecular weight excluding hydrogens is 416 g/mol. The summed E-state index contributed by atoms with van der Waals surface area (Å²) in [4.78, 5) is 25.1. The first-order valence-corrected chi connectivity index (χ1v) is 9.44. The molecule has 0 amide bonds. The Morgan fingerprint density at radius 3 is 2.80 bits per heavy atom. The molecule has 10 heteroatoms. The van der Waals surface area contributed by atoms with Crippen LogP contribution in [0.4, 0.5) is 8.78 Å². The Morgan fingerprint density at radius 2 is 2.07 bits per heavy atom. The zero-order chi connectivity index (χ0) is 21.1. The minimum atomic E-state index is -2.99. The van der Waals surface area contributed by atoms with E-state index in [0.717, 1.165) is 5.69 Å². The number of methoxy groups -OCH3 is 1. The van der Waals surface area contributed by atoms with Gasteiger partial charge in [0.1, 0.15) is 5.01 Å². The minimum absolute atomic E-state index is 0.0216. The van der Waals surface area contributed by atoms with Gasteiger partial charge in [-0.2, -0.15) is 8.78 Å².